The molecule has 0 bridgehead atoms. The molecular formula is C93H109NO25S. The average molecular weight is 1670 g/mol. The first-order valence-electron chi connectivity index (χ1n) is 39.7. The van der Waals surface area contributed by atoms with Gasteiger partial charge in [0.25, 0.3) is 0 Å². The topological polar surface area (TPSA) is 326 Å². The molecule has 120 heavy (non-hydrogen) atoms. The van der Waals surface area contributed by atoms with Crippen LogP contribution in [0.3, 0.4) is 0 Å². The fourth-order valence-corrected chi connectivity index (χ4v) is 13.0. The van der Waals surface area contributed by atoms with Crippen LogP contribution in [0.1, 0.15) is 156 Å². The molecule has 642 valence electrons. The van der Waals surface area contributed by atoms with Crippen molar-refractivity contribution in [3.63, 3.8) is 0 Å². The van der Waals surface area contributed by atoms with Gasteiger partial charge in [-0.15, -0.1) is 11.3 Å². The molecule has 8 aromatic rings. The zero-order valence-corrected chi connectivity index (χ0v) is 70.2. The highest BCUT2D eigenvalue weighted by atomic mass is 32.1. The van der Waals surface area contributed by atoms with Crippen molar-refractivity contribution in [1.29, 1.82) is 0 Å². The van der Waals surface area contributed by atoms with Gasteiger partial charge >= 0.3 is 47.8 Å². The van der Waals surface area contributed by atoms with Crippen LogP contribution in [0.2, 0.25) is 0 Å². The SMILES string of the molecule is C=CC(=O)OCCCCCCOC(=O)c1ccc(OC)cc1.C=CC(=O)OCCCCCCOc1ccc(OC)cc1.C=CC(=O)OCCCCOc1ccc(OC)cc1.C=CC(=O)OCOC(=O)c1ccc(OC)cc1.CC(=O)C1CCC(C(=O)Oc2ccc(OC(=O)C3CCC(C(C)=O)CC3)c3sc(-c4cc5ccc(C)cc5o4)nc23)CC1. The van der Waals surface area contributed by atoms with E-state index in [4.69, 9.17) is 71.0 Å². The monoisotopic (exact) mass is 1670 g/mol. The molecule has 26 nitrogen and oxygen atoms in total. The summed E-state index contributed by atoms with van der Waals surface area (Å²) in [5, 5.41) is 1.52. The third kappa shape index (κ3) is 34.7. The minimum Gasteiger partial charge on any atom is -0.497 e. The number of thiazole rings is 1. The quantitative estimate of drug-likeness (QED) is 0.00860. The number of ketones is 2. The summed E-state index contributed by atoms with van der Waals surface area (Å²) < 4.78 is 78.8. The summed E-state index contributed by atoms with van der Waals surface area (Å²) in [6, 6.07) is 39.3. The Kier molecular flexibility index (Phi) is 43.3. The van der Waals surface area contributed by atoms with Crippen LogP contribution in [0.5, 0.6) is 46.0 Å². The fourth-order valence-electron chi connectivity index (χ4n) is 12.1. The number of methoxy groups -OCH3 is 4. The first-order chi connectivity index (χ1) is 58.0. The number of Topliss-reactive ketones (excluding diaryl/α,β-unsaturated/α-hetero) is 2. The Morgan fingerprint density at radius 1 is 0.400 bits per heavy atom. The standard InChI is InChI=1S/C34H35NO7S.C17H22O5.C16H22O4.C14H18O4.C12H12O5/c1-18-4-5-25-17-29(40-28(25)16-18)32-35-30-26(41-33(38)23-10-6-21(7-11-23)19(2)36)14-15-27(31(30)43-32)42-34(39)24-12-8-22(9-13-24)20(3)37;1-3-16(18)21-12-6-4-5-7-13-22-17(19)14-8-10-15(20-2)11-9-14;1-3-16(17)20-13-7-5-4-6-12-19-15-10-8-14(18-2)9-11-15;1-3-14(15)18-11-5-4-10-17-13-8-6-12(16-2)7-9-13;1-3-11(13)16-8-17-12(14)9-4-6-10(15-2)7-5-9/h4-5,14-17,21-24H,6-13H2,1-3H3;3,8-11H,1,4-7,12-13H2,2H3;3,8-11H,1,4-7,12-13H2,2H3;3,6-9H,1,4-5,10-11H2,2H3;3-7H,1,8H2,2H3. The maximum Gasteiger partial charge on any atom is 0.341 e. The lowest BCUT2D eigenvalue weighted by Crippen LogP contribution is -2.28. The predicted molar refractivity (Wildman–Crippen MR) is 453 cm³/mol. The van der Waals surface area contributed by atoms with Crippen LogP contribution in [0.4, 0.5) is 0 Å². The van der Waals surface area contributed by atoms with Crippen molar-refractivity contribution >= 4 is 91.8 Å². The van der Waals surface area contributed by atoms with E-state index in [0.717, 1.165) is 122 Å². The lowest BCUT2D eigenvalue weighted by atomic mass is 9.80. The molecule has 27 heteroatoms. The molecular weight excluding hydrogens is 1560 g/mol. The number of carbonyl (C=O) groups is 10. The molecule has 6 aromatic carbocycles. The van der Waals surface area contributed by atoms with Crippen LogP contribution >= 0.6 is 11.3 Å². The Morgan fingerprint density at radius 2 is 0.750 bits per heavy atom. The molecule has 0 amide bonds. The lowest BCUT2D eigenvalue weighted by Gasteiger charge is -2.25. The first-order valence-corrected chi connectivity index (χ1v) is 40.5. The fraction of sp³-hybridized carbons (Fsp3) is 0.387. The van der Waals surface area contributed by atoms with Gasteiger partial charge in [0.05, 0.1) is 91.0 Å². The molecule has 2 saturated carbocycles. The number of unbranched alkanes of at least 4 members (excludes halogenated alkanes) is 7. The summed E-state index contributed by atoms with van der Waals surface area (Å²) in [6.07, 6.45) is 18.6. The van der Waals surface area contributed by atoms with Crippen LogP contribution in [0.15, 0.2) is 188 Å². The molecule has 0 spiro atoms. The minimum absolute atomic E-state index is 0.0101. The second kappa shape index (κ2) is 53.8. The molecule has 2 heterocycles. The van der Waals surface area contributed by atoms with Crippen molar-refractivity contribution < 1.29 is 119 Å². The summed E-state index contributed by atoms with van der Waals surface area (Å²) in [5.74, 6) is 2.28. The van der Waals surface area contributed by atoms with Crippen molar-refractivity contribution in [2.24, 2.45) is 23.7 Å². The molecule has 0 atom stereocenters. The van der Waals surface area contributed by atoms with E-state index in [1.165, 1.54) is 24.5 Å². The van der Waals surface area contributed by atoms with Crippen LogP contribution < -0.4 is 37.9 Å². The summed E-state index contributed by atoms with van der Waals surface area (Å²) in [4.78, 5) is 121. The Hall–Kier alpha value is -12.4. The zero-order chi connectivity index (χ0) is 87.0. The van der Waals surface area contributed by atoms with Gasteiger partial charge in [0, 0.05) is 41.5 Å². The number of aromatic nitrogens is 1. The smallest absolute Gasteiger partial charge is 0.341 e. The summed E-state index contributed by atoms with van der Waals surface area (Å²) in [7, 11) is 6.37. The number of furan rings is 1. The van der Waals surface area contributed by atoms with Crippen LogP contribution in [0.25, 0.3) is 32.0 Å². The Balaban J connectivity index is 0.000000248. The number of fused-ring (bicyclic) bond motifs is 2. The first kappa shape index (κ1) is 96.4. The van der Waals surface area contributed by atoms with E-state index in [-0.39, 0.29) is 65.1 Å². The summed E-state index contributed by atoms with van der Waals surface area (Å²) in [5.41, 5.74) is 3.11. The summed E-state index contributed by atoms with van der Waals surface area (Å²) >= 11 is 1.31. The van der Waals surface area contributed by atoms with Crippen LogP contribution in [0, 0.1) is 30.6 Å². The van der Waals surface area contributed by atoms with Gasteiger partial charge in [-0.3, -0.25) is 19.2 Å². The lowest BCUT2D eigenvalue weighted by molar-refractivity contribution is -0.146. The molecule has 0 radical (unpaired) electrons. The number of rotatable bonds is 40. The predicted octanol–water partition coefficient (Wildman–Crippen LogP) is 18.2. The van der Waals surface area contributed by atoms with Gasteiger partial charge in [-0.05, 0) is 263 Å². The molecule has 0 unspecified atom stereocenters. The number of esters is 8. The van der Waals surface area contributed by atoms with E-state index in [1.807, 2.05) is 79.7 Å². The van der Waals surface area contributed by atoms with Gasteiger partial charge < -0.3 is 70.7 Å². The van der Waals surface area contributed by atoms with Crippen LogP contribution in [-0.4, -0.2) is 139 Å². The van der Waals surface area contributed by atoms with Crippen LogP contribution in [-0.2, 0) is 66.8 Å². The Labute approximate surface area is 704 Å². The summed E-state index contributed by atoms with van der Waals surface area (Å²) in [6.45, 7) is 20.9. The zero-order valence-electron chi connectivity index (χ0n) is 69.4. The maximum atomic E-state index is 13.2. The highest BCUT2D eigenvalue weighted by Gasteiger charge is 2.33. The number of carbonyl (C=O) groups excluding carboxylic acids is 10. The molecule has 2 aliphatic carbocycles. The van der Waals surface area contributed by atoms with E-state index >= 15 is 0 Å². The van der Waals surface area contributed by atoms with Gasteiger partial charge in [-0.1, -0.05) is 38.4 Å². The van der Waals surface area contributed by atoms with Gasteiger partial charge in [-0.25, -0.2) is 33.8 Å². The third-order valence-electron chi connectivity index (χ3n) is 19.0. The molecule has 0 aliphatic heterocycles. The number of nitrogens with zero attached hydrogens (tertiary/aromatic N) is 1. The van der Waals surface area contributed by atoms with E-state index in [1.54, 1.807) is 95.8 Å². The van der Waals surface area contributed by atoms with Gasteiger partial charge in [-0.2, -0.15) is 0 Å². The highest BCUT2D eigenvalue weighted by Crippen LogP contribution is 2.44. The van der Waals surface area contributed by atoms with Crippen molar-refractivity contribution in [3.05, 3.63) is 201 Å². The van der Waals surface area contributed by atoms with E-state index in [0.29, 0.717) is 146 Å². The molecule has 2 fully saturated rings. The molecule has 2 aliphatic rings. The Bertz CT molecular complexity index is 4520. The van der Waals surface area contributed by atoms with E-state index in [2.05, 4.69) is 31.1 Å². The van der Waals surface area contributed by atoms with Crippen molar-refractivity contribution in [2.75, 3.05) is 74.9 Å². The molecule has 2 aromatic heterocycles. The van der Waals surface area contributed by atoms with Crippen molar-refractivity contribution in [2.45, 2.75) is 136 Å². The van der Waals surface area contributed by atoms with Crippen molar-refractivity contribution in [3.8, 4) is 56.8 Å². The maximum absolute atomic E-state index is 13.2. The van der Waals surface area contributed by atoms with Gasteiger partial charge in [0.1, 0.15) is 61.9 Å². The largest absolute Gasteiger partial charge is 0.497 e. The Morgan fingerprint density at radius 3 is 1.17 bits per heavy atom. The molecule has 0 N–H and O–H groups in total. The minimum atomic E-state index is -0.646. The van der Waals surface area contributed by atoms with Gasteiger partial charge in [0.15, 0.2) is 22.3 Å². The van der Waals surface area contributed by atoms with E-state index < -0.39 is 24.7 Å². The van der Waals surface area contributed by atoms with Gasteiger partial charge in [0.2, 0.25) is 6.79 Å². The highest BCUT2D eigenvalue weighted by molar-refractivity contribution is 7.22. The second-order valence-electron chi connectivity index (χ2n) is 27.6. The third-order valence-corrected chi connectivity index (χ3v) is 20.1. The normalized spacial score (nSPS) is 14.2. The van der Waals surface area contributed by atoms with Crippen molar-refractivity contribution in [1.82, 2.24) is 4.98 Å². The molecule has 0 saturated heterocycles. The average Bonchev–Trinajstić information content (AvgIpc) is 1.61. The molecule has 10 rings (SSSR count). The number of hydrogen-bond acceptors (Lipinski definition) is 27. The number of hydrogen-bond donors (Lipinski definition) is 0. The van der Waals surface area contributed by atoms with E-state index in [9.17, 15) is 47.9 Å². The number of benzene rings is 6. The second-order valence-corrected chi connectivity index (χ2v) is 28.6. The number of aryl methyl sites for hydroxylation is 1. The number of ether oxygens (including phenoxy) is 14.